The molecule has 0 aliphatic heterocycles. The normalized spacial score (nSPS) is 11.4. The molecule has 0 aliphatic rings. The van der Waals surface area contributed by atoms with E-state index in [9.17, 15) is 9.18 Å². The number of hydrogen-bond acceptors (Lipinski definition) is 4. The number of halogens is 2. The van der Waals surface area contributed by atoms with Crippen LogP contribution in [0.25, 0.3) is 0 Å². The molecule has 7 heteroatoms. The fourth-order valence-corrected chi connectivity index (χ4v) is 1.49. The van der Waals surface area contributed by atoms with E-state index in [1.807, 2.05) is 0 Å². The first kappa shape index (κ1) is 19.6. The zero-order valence-corrected chi connectivity index (χ0v) is 13.0. The number of amides is 1. The number of nitrogens with one attached hydrogen (secondary N) is 2. The summed E-state index contributed by atoms with van der Waals surface area (Å²) in [6, 6.07) is 6.18. The van der Waals surface area contributed by atoms with Crippen LogP contribution in [0.4, 0.5) is 4.39 Å². The van der Waals surface area contributed by atoms with Crippen molar-refractivity contribution in [1.82, 2.24) is 10.6 Å². The van der Waals surface area contributed by atoms with Crippen LogP contribution in [0.5, 0.6) is 5.75 Å². The molecule has 1 unspecified atom stereocenters. The molecule has 1 rings (SSSR count). The average Bonchev–Trinajstić information content (AvgIpc) is 2.44. The van der Waals surface area contributed by atoms with E-state index < -0.39 is 5.82 Å². The monoisotopic (exact) mass is 320 g/mol. The van der Waals surface area contributed by atoms with Crippen molar-refractivity contribution in [3.05, 3.63) is 30.1 Å². The minimum atomic E-state index is -0.410. The van der Waals surface area contributed by atoms with Gasteiger partial charge in [-0.15, -0.1) is 12.4 Å². The van der Waals surface area contributed by atoms with E-state index in [1.54, 1.807) is 32.2 Å². The maximum absolute atomic E-state index is 13.4. The van der Waals surface area contributed by atoms with E-state index in [2.05, 4.69) is 10.6 Å². The fraction of sp³-hybridized carbons (Fsp3) is 0.500. The molecular weight excluding hydrogens is 299 g/mol. The van der Waals surface area contributed by atoms with Gasteiger partial charge in [0.15, 0.2) is 11.6 Å². The van der Waals surface area contributed by atoms with Gasteiger partial charge in [-0.2, -0.15) is 0 Å². The van der Waals surface area contributed by atoms with Gasteiger partial charge in [0.05, 0.1) is 19.7 Å². The van der Waals surface area contributed by atoms with Crippen molar-refractivity contribution in [3.8, 4) is 5.75 Å². The lowest BCUT2D eigenvalue weighted by Gasteiger charge is -2.16. The maximum atomic E-state index is 13.4. The van der Waals surface area contributed by atoms with Crippen molar-refractivity contribution >= 4 is 18.3 Å². The number of methoxy groups -OCH3 is 1. The molecule has 5 nitrogen and oxygen atoms in total. The first-order chi connectivity index (χ1) is 9.63. The predicted octanol–water partition coefficient (Wildman–Crippen LogP) is 1.37. The smallest absolute Gasteiger partial charge is 0.234 e. The van der Waals surface area contributed by atoms with E-state index in [4.69, 9.17) is 9.47 Å². The van der Waals surface area contributed by atoms with Crippen LogP contribution >= 0.6 is 12.4 Å². The molecule has 2 N–H and O–H groups in total. The summed E-state index contributed by atoms with van der Waals surface area (Å²) >= 11 is 0. The van der Waals surface area contributed by atoms with Crippen LogP contribution in [0.15, 0.2) is 24.3 Å². The largest absolute Gasteiger partial charge is 0.486 e. The summed E-state index contributed by atoms with van der Waals surface area (Å²) in [6.45, 7) is 3.48. The van der Waals surface area contributed by atoms with E-state index in [0.717, 1.165) is 0 Å². The Labute approximate surface area is 130 Å². The molecule has 120 valence electrons. The summed E-state index contributed by atoms with van der Waals surface area (Å²) in [5, 5.41) is 5.64. The topological polar surface area (TPSA) is 59.6 Å². The highest BCUT2D eigenvalue weighted by molar-refractivity contribution is 5.85. The highest BCUT2D eigenvalue weighted by atomic mass is 35.5. The number of carbonyl (C=O) groups excluding carboxylic acids is 1. The van der Waals surface area contributed by atoms with Crippen molar-refractivity contribution in [2.24, 2.45) is 0 Å². The first-order valence-corrected chi connectivity index (χ1v) is 6.51. The predicted molar refractivity (Wildman–Crippen MR) is 81.5 cm³/mol. The molecule has 1 atom stereocenters. The second-order valence-corrected chi connectivity index (χ2v) is 4.33. The number of hydrogen-bond donors (Lipinski definition) is 2. The number of ether oxygens (including phenoxy) is 2. The minimum Gasteiger partial charge on any atom is -0.486 e. The van der Waals surface area contributed by atoms with Crippen LogP contribution in [-0.4, -0.2) is 45.4 Å². The number of rotatable bonds is 9. The minimum absolute atomic E-state index is 0. The molecule has 21 heavy (non-hydrogen) atoms. The summed E-state index contributed by atoms with van der Waals surface area (Å²) in [7, 11) is 1.60. The Morgan fingerprint density at radius 3 is 2.76 bits per heavy atom. The molecule has 1 amide bonds. The lowest BCUT2D eigenvalue weighted by atomic mass is 10.3. The summed E-state index contributed by atoms with van der Waals surface area (Å²) in [4.78, 5) is 11.5. The van der Waals surface area contributed by atoms with Crippen LogP contribution in [0.2, 0.25) is 0 Å². The van der Waals surface area contributed by atoms with Gasteiger partial charge < -0.3 is 20.1 Å². The molecule has 0 radical (unpaired) electrons. The van der Waals surface area contributed by atoms with Crippen LogP contribution < -0.4 is 15.4 Å². The van der Waals surface area contributed by atoms with E-state index in [0.29, 0.717) is 19.7 Å². The molecule has 0 aromatic heterocycles. The van der Waals surface area contributed by atoms with E-state index in [-0.39, 0.29) is 36.7 Å². The molecule has 0 heterocycles. The molecule has 0 aliphatic carbocycles. The molecule has 1 aromatic carbocycles. The van der Waals surface area contributed by atoms with Crippen molar-refractivity contribution in [2.45, 2.75) is 13.0 Å². The Morgan fingerprint density at radius 2 is 2.10 bits per heavy atom. The van der Waals surface area contributed by atoms with Crippen LogP contribution in [0.1, 0.15) is 6.92 Å². The van der Waals surface area contributed by atoms with Crippen molar-refractivity contribution in [3.63, 3.8) is 0 Å². The third-order valence-electron chi connectivity index (χ3n) is 2.52. The Bertz CT molecular complexity index is 421. The van der Waals surface area contributed by atoms with Gasteiger partial charge in [-0.25, -0.2) is 4.39 Å². The highest BCUT2D eigenvalue weighted by Crippen LogP contribution is 2.16. The van der Waals surface area contributed by atoms with E-state index in [1.165, 1.54) is 6.07 Å². The van der Waals surface area contributed by atoms with Crippen LogP contribution in [0, 0.1) is 5.82 Å². The number of carbonyl (C=O) groups is 1. The standard InChI is InChI=1S/C14H21FN2O3.ClH/c1-11(20-13-6-4-3-5-12(13)15)9-17-14(18)10-16-7-8-19-2;/h3-6,11,16H,7-10H2,1-2H3,(H,17,18);1H. The molecule has 0 bridgehead atoms. The summed E-state index contributed by atoms with van der Waals surface area (Å²) in [5.41, 5.74) is 0. The van der Waals surface area contributed by atoms with Gasteiger partial charge >= 0.3 is 0 Å². The zero-order chi connectivity index (χ0) is 14.8. The van der Waals surface area contributed by atoms with Crippen molar-refractivity contribution in [2.75, 3.05) is 33.4 Å². The van der Waals surface area contributed by atoms with Crippen molar-refractivity contribution in [1.29, 1.82) is 0 Å². The molecule has 0 saturated heterocycles. The van der Waals surface area contributed by atoms with Gasteiger partial charge in [0.25, 0.3) is 0 Å². The molecule has 1 aromatic rings. The third kappa shape index (κ3) is 8.49. The van der Waals surface area contributed by atoms with Crippen molar-refractivity contribution < 1.29 is 18.7 Å². The van der Waals surface area contributed by atoms with Crippen LogP contribution in [0.3, 0.4) is 0 Å². The number of benzene rings is 1. The van der Waals surface area contributed by atoms with Gasteiger partial charge in [0.2, 0.25) is 5.91 Å². The highest BCUT2D eigenvalue weighted by Gasteiger charge is 2.09. The molecule has 0 spiro atoms. The Morgan fingerprint density at radius 1 is 1.38 bits per heavy atom. The van der Waals surface area contributed by atoms with Gasteiger partial charge in [-0.05, 0) is 19.1 Å². The molecular formula is C14H22ClFN2O3. The molecule has 0 fully saturated rings. The quantitative estimate of drug-likeness (QED) is 0.675. The Hall–Kier alpha value is -1.37. The zero-order valence-electron chi connectivity index (χ0n) is 12.2. The van der Waals surface area contributed by atoms with Gasteiger partial charge in [-0.1, -0.05) is 12.1 Å². The van der Waals surface area contributed by atoms with Gasteiger partial charge in [0, 0.05) is 13.7 Å². The maximum Gasteiger partial charge on any atom is 0.234 e. The first-order valence-electron chi connectivity index (χ1n) is 6.51. The molecule has 0 saturated carbocycles. The lowest BCUT2D eigenvalue weighted by molar-refractivity contribution is -0.120. The summed E-state index contributed by atoms with van der Waals surface area (Å²) < 4.78 is 23.6. The summed E-state index contributed by atoms with van der Waals surface area (Å²) in [5.74, 6) is -0.357. The van der Waals surface area contributed by atoms with Gasteiger partial charge in [-0.3, -0.25) is 4.79 Å². The Balaban J connectivity index is 0.00000400. The third-order valence-corrected chi connectivity index (χ3v) is 2.52. The average molecular weight is 321 g/mol. The second-order valence-electron chi connectivity index (χ2n) is 4.33. The SMILES string of the molecule is COCCNCC(=O)NCC(C)Oc1ccccc1F.Cl. The van der Waals surface area contributed by atoms with Crippen LogP contribution in [-0.2, 0) is 9.53 Å². The van der Waals surface area contributed by atoms with Gasteiger partial charge in [0.1, 0.15) is 6.10 Å². The van der Waals surface area contributed by atoms with E-state index >= 15 is 0 Å². The second kappa shape index (κ2) is 11.3. The fourth-order valence-electron chi connectivity index (χ4n) is 1.49. The Kier molecular flexibility index (Phi) is 10.6. The lowest BCUT2D eigenvalue weighted by Crippen LogP contribution is -2.39. The number of para-hydroxylation sites is 1. The summed E-state index contributed by atoms with van der Waals surface area (Å²) in [6.07, 6.45) is -0.310.